The van der Waals surface area contributed by atoms with Gasteiger partial charge < -0.3 is 9.64 Å². The number of rotatable bonds is 5. The first kappa shape index (κ1) is 18.1. The number of benzene rings is 1. The van der Waals surface area contributed by atoms with Gasteiger partial charge >= 0.3 is 0 Å². The maximum absolute atomic E-state index is 5.28. The number of methoxy groups -OCH3 is 1. The SMILES string of the molecule is COc1ccc(CN(C)c2nc(-c3cccnc3)nc3sc4c(c23)CCC4)cc1. The van der Waals surface area contributed by atoms with Crippen LogP contribution in [0.3, 0.4) is 0 Å². The first-order valence-electron chi connectivity index (χ1n) is 9.79. The Morgan fingerprint density at radius 3 is 2.72 bits per heavy atom. The molecule has 1 aliphatic carbocycles. The van der Waals surface area contributed by atoms with Crippen LogP contribution in [0.2, 0.25) is 0 Å². The number of hydrogen-bond acceptors (Lipinski definition) is 6. The Hall–Kier alpha value is -2.99. The summed E-state index contributed by atoms with van der Waals surface area (Å²) in [5.74, 6) is 2.61. The molecule has 0 saturated heterocycles. The fourth-order valence-corrected chi connectivity index (χ4v) is 5.21. The lowest BCUT2D eigenvalue weighted by molar-refractivity contribution is 0.414. The lowest BCUT2D eigenvalue weighted by Crippen LogP contribution is -2.18. The van der Waals surface area contributed by atoms with Crippen LogP contribution in [-0.2, 0) is 19.4 Å². The molecule has 0 atom stereocenters. The van der Waals surface area contributed by atoms with Crippen LogP contribution < -0.4 is 9.64 Å². The van der Waals surface area contributed by atoms with Crippen molar-refractivity contribution < 1.29 is 4.74 Å². The van der Waals surface area contributed by atoms with Crippen molar-refractivity contribution in [2.75, 3.05) is 19.1 Å². The predicted molar refractivity (Wildman–Crippen MR) is 118 cm³/mol. The van der Waals surface area contributed by atoms with Crippen LogP contribution in [0, 0.1) is 0 Å². The molecule has 0 radical (unpaired) electrons. The van der Waals surface area contributed by atoms with E-state index in [1.165, 1.54) is 27.8 Å². The Labute approximate surface area is 174 Å². The molecule has 5 rings (SSSR count). The number of fused-ring (bicyclic) bond motifs is 3. The van der Waals surface area contributed by atoms with Crippen molar-refractivity contribution >= 4 is 27.4 Å². The van der Waals surface area contributed by atoms with Gasteiger partial charge in [0.15, 0.2) is 5.82 Å². The summed E-state index contributed by atoms with van der Waals surface area (Å²) in [5, 5.41) is 1.23. The Balaban J connectivity index is 1.60. The zero-order valence-electron chi connectivity index (χ0n) is 16.6. The van der Waals surface area contributed by atoms with Crippen molar-refractivity contribution in [3.05, 3.63) is 64.8 Å². The van der Waals surface area contributed by atoms with E-state index in [0.29, 0.717) is 0 Å². The molecule has 0 unspecified atom stereocenters. The number of nitrogens with zero attached hydrogens (tertiary/aromatic N) is 4. The van der Waals surface area contributed by atoms with Gasteiger partial charge in [-0.05, 0) is 54.7 Å². The Bertz CT molecular complexity index is 1160. The molecule has 0 fully saturated rings. The van der Waals surface area contributed by atoms with Gasteiger partial charge in [0.1, 0.15) is 16.4 Å². The maximum Gasteiger partial charge on any atom is 0.164 e. The number of ether oxygens (including phenoxy) is 1. The van der Waals surface area contributed by atoms with Gasteiger partial charge in [0, 0.05) is 36.4 Å². The van der Waals surface area contributed by atoms with Gasteiger partial charge in [-0.25, -0.2) is 9.97 Å². The van der Waals surface area contributed by atoms with Gasteiger partial charge in [0.05, 0.1) is 12.5 Å². The molecule has 29 heavy (non-hydrogen) atoms. The molecule has 0 N–H and O–H groups in total. The monoisotopic (exact) mass is 402 g/mol. The predicted octanol–water partition coefficient (Wildman–Crippen LogP) is 4.89. The molecule has 0 aliphatic heterocycles. The van der Waals surface area contributed by atoms with E-state index < -0.39 is 0 Å². The van der Waals surface area contributed by atoms with Gasteiger partial charge in [-0.3, -0.25) is 4.98 Å². The number of thiophene rings is 1. The van der Waals surface area contributed by atoms with E-state index in [1.807, 2.05) is 41.8 Å². The lowest BCUT2D eigenvalue weighted by Gasteiger charge is -2.20. The summed E-state index contributed by atoms with van der Waals surface area (Å²) in [4.78, 5) is 18.9. The second-order valence-corrected chi connectivity index (χ2v) is 8.44. The highest BCUT2D eigenvalue weighted by Crippen LogP contribution is 2.41. The highest BCUT2D eigenvalue weighted by Gasteiger charge is 2.24. The van der Waals surface area contributed by atoms with Gasteiger partial charge in [-0.1, -0.05) is 12.1 Å². The lowest BCUT2D eigenvalue weighted by atomic mass is 10.1. The number of pyridine rings is 1. The summed E-state index contributed by atoms with van der Waals surface area (Å²) >= 11 is 1.82. The van der Waals surface area contributed by atoms with E-state index in [-0.39, 0.29) is 0 Å². The molecule has 3 aromatic heterocycles. The molecule has 5 nitrogen and oxygen atoms in total. The third-order valence-electron chi connectivity index (χ3n) is 5.41. The van der Waals surface area contributed by atoms with E-state index in [2.05, 4.69) is 29.1 Å². The summed E-state index contributed by atoms with van der Waals surface area (Å²) in [6.45, 7) is 0.771. The van der Waals surface area contributed by atoms with E-state index in [4.69, 9.17) is 14.7 Å². The normalized spacial score (nSPS) is 12.9. The standard InChI is InChI=1S/C23H22N4OS/c1-27(14-15-8-10-17(28-2)11-9-15)22-20-18-6-3-7-19(18)29-23(20)26-21(25-22)16-5-4-12-24-13-16/h4-5,8-13H,3,6-7,14H2,1-2H3. The Kier molecular flexibility index (Phi) is 4.64. The third kappa shape index (κ3) is 3.34. The van der Waals surface area contributed by atoms with Crippen LogP contribution in [0.15, 0.2) is 48.8 Å². The average Bonchev–Trinajstić information content (AvgIpc) is 3.35. The van der Waals surface area contributed by atoms with Crippen LogP contribution >= 0.6 is 11.3 Å². The van der Waals surface area contributed by atoms with Crippen LogP contribution in [0.1, 0.15) is 22.4 Å². The molecule has 146 valence electrons. The molecule has 4 aromatic rings. The summed E-state index contributed by atoms with van der Waals surface area (Å²) in [6.07, 6.45) is 7.10. The molecule has 1 aliphatic rings. The summed E-state index contributed by atoms with van der Waals surface area (Å²) < 4.78 is 5.28. The summed E-state index contributed by atoms with van der Waals surface area (Å²) in [6, 6.07) is 12.2. The minimum absolute atomic E-state index is 0.738. The smallest absolute Gasteiger partial charge is 0.164 e. The minimum atomic E-state index is 0.738. The molecule has 0 bridgehead atoms. The number of anilines is 1. The minimum Gasteiger partial charge on any atom is -0.497 e. The first-order valence-corrected chi connectivity index (χ1v) is 10.6. The fraction of sp³-hybridized carbons (Fsp3) is 0.261. The quantitative estimate of drug-likeness (QED) is 0.476. The summed E-state index contributed by atoms with van der Waals surface area (Å²) in [5.41, 5.74) is 3.61. The van der Waals surface area contributed by atoms with Crippen molar-refractivity contribution in [3.63, 3.8) is 0 Å². The van der Waals surface area contributed by atoms with Gasteiger partial charge in [-0.15, -0.1) is 11.3 Å². The van der Waals surface area contributed by atoms with E-state index in [9.17, 15) is 0 Å². The van der Waals surface area contributed by atoms with Crippen molar-refractivity contribution in [2.24, 2.45) is 0 Å². The maximum atomic E-state index is 5.28. The van der Waals surface area contributed by atoms with Crippen LogP contribution in [0.5, 0.6) is 5.75 Å². The highest BCUT2D eigenvalue weighted by atomic mass is 32.1. The zero-order chi connectivity index (χ0) is 19.8. The number of aromatic nitrogens is 3. The van der Waals surface area contributed by atoms with E-state index in [0.717, 1.165) is 47.2 Å². The molecular weight excluding hydrogens is 380 g/mol. The number of hydrogen-bond donors (Lipinski definition) is 0. The number of aryl methyl sites for hydroxylation is 2. The topological polar surface area (TPSA) is 51.1 Å². The second kappa shape index (κ2) is 7.44. The Morgan fingerprint density at radius 1 is 1.10 bits per heavy atom. The molecule has 6 heteroatoms. The van der Waals surface area contributed by atoms with Crippen molar-refractivity contribution in [2.45, 2.75) is 25.8 Å². The molecule has 3 heterocycles. The van der Waals surface area contributed by atoms with Crippen LogP contribution in [-0.4, -0.2) is 29.1 Å². The fourth-order valence-electron chi connectivity index (χ4n) is 3.96. The molecule has 0 spiro atoms. The van der Waals surface area contributed by atoms with Crippen LogP contribution in [0.4, 0.5) is 5.82 Å². The van der Waals surface area contributed by atoms with Gasteiger partial charge in [-0.2, -0.15) is 0 Å². The van der Waals surface area contributed by atoms with E-state index in [1.54, 1.807) is 13.3 Å². The molecule has 0 saturated carbocycles. The third-order valence-corrected chi connectivity index (χ3v) is 6.59. The summed E-state index contributed by atoms with van der Waals surface area (Å²) in [7, 11) is 3.80. The van der Waals surface area contributed by atoms with E-state index >= 15 is 0 Å². The van der Waals surface area contributed by atoms with Crippen LogP contribution in [0.25, 0.3) is 21.6 Å². The van der Waals surface area contributed by atoms with Crippen molar-refractivity contribution in [1.82, 2.24) is 15.0 Å². The second-order valence-electron chi connectivity index (χ2n) is 7.35. The Morgan fingerprint density at radius 2 is 1.97 bits per heavy atom. The van der Waals surface area contributed by atoms with Crippen molar-refractivity contribution in [3.8, 4) is 17.1 Å². The molecule has 1 aromatic carbocycles. The van der Waals surface area contributed by atoms with Gasteiger partial charge in [0.2, 0.25) is 0 Å². The van der Waals surface area contributed by atoms with Gasteiger partial charge in [0.25, 0.3) is 0 Å². The highest BCUT2D eigenvalue weighted by molar-refractivity contribution is 7.19. The molecular formula is C23H22N4OS. The zero-order valence-corrected chi connectivity index (χ0v) is 17.4. The first-order chi connectivity index (χ1) is 14.2. The average molecular weight is 403 g/mol. The largest absolute Gasteiger partial charge is 0.497 e. The molecule has 0 amide bonds. The van der Waals surface area contributed by atoms with Crippen molar-refractivity contribution in [1.29, 1.82) is 0 Å².